The summed E-state index contributed by atoms with van der Waals surface area (Å²) >= 11 is 0. The molecule has 0 saturated carbocycles. The van der Waals surface area contributed by atoms with E-state index in [-0.39, 0.29) is 6.42 Å². The van der Waals surface area contributed by atoms with Gasteiger partial charge in [-0.1, -0.05) is 18.2 Å². The molecular weight excluding hydrogens is 212 g/mol. The first-order valence-corrected chi connectivity index (χ1v) is 4.67. The van der Waals surface area contributed by atoms with E-state index in [4.69, 9.17) is 4.74 Å². The van der Waals surface area contributed by atoms with E-state index >= 15 is 0 Å². The van der Waals surface area contributed by atoms with Crippen molar-refractivity contribution in [2.45, 2.75) is 12.5 Å². The van der Waals surface area contributed by atoms with E-state index in [0.29, 0.717) is 5.56 Å². The lowest BCUT2D eigenvalue weighted by molar-refractivity contribution is -0.154. The Balaban J connectivity index is 2.03. The van der Waals surface area contributed by atoms with Gasteiger partial charge >= 0.3 is 17.9 Å². The molecule has 1 heterocycles. The maximum Gasteiger partial charge on any atom is 0.355 e. The summed E-state index contributed by atoms with van der Waals surface area (Å²) in [6.07, 6.45) is -1.32. The van der Waals surface area contributed by atoms with Crippen LogP contribution in [0.5, 0.6) is 0 Å². The molecule has 1 unspecified atom stereocenters. The molecule has 5 nitrogen and oxygen atoms in total. The molecule has 5 heteroatoms. The molecule has 16 heavy (non-hydrogen) atoms. The average molecular weight is 220 g/mol. The first-order valence-electron chi connectivity index (χ1n) is 4.67. The number of hydrogen-bond donors (Lipinski definition) is 0. The third-order valence-corrected chi connectivity index (χ3v) is 2.09. The fraction of sp³-hybridized carbons (Fsp3) is 0.182. The molecule has 0 amide bonds. The molecule has 1 aliphatic heterocycles. The van der Waals surface area contributed by atoms with E-state index in [1.54, 1.807) is 30.3 Å². The molecule has 1 saturated heterocycles. The minimum absolute atomic E-state index is 0.211. The van der Waals surface area contributed by atoms with Gasteiger partial charge in [-0.05, 0) is 12.1 Å². The van der Waals surface area contributed by atoms with Crippen molar-refractivity contribution < 1.29 is 23.9 Å². The lowest BCUT2D eigenvalue weighted by Gasteiger charge is -2.06. The van der Waals surface area contributed by atoms with E-state index in [1.165, 1.54) is 0 Å². The van der Waals surface area contributed by atoms with Gasteiger partial charge in [0.15, 0.2) is 0 Å². The fourth-order valence-corrected chi connectivity index (χ4v) is 1.32. The Morgan fingerprint density at radius 3 is 2.50 bits per heavy atom. The van der Waals surface area contributed by atoms with Crippen LogP contribution in [0.1, 0.15) is 16.8 Å². The highest BCUT2D eigenvalue weighted by Gasteiger charge is 2.36. The number of esters is 3. The van der Waals surface area contributed by atoms with Crippen LogP contribution in [0.3, 0.4) is 0 Å². The standard InChI is InChI=1S/C11H8O5/c12-9-6-8(11(14)16-9)15-10(13)7-4-2-1-3-5-7/h1-5,8H,6H2. The molecule has 1 aromatic carbocycles. The molecular formula is C11H8O5. The van der Waals surface area contributed by atoms with Crippen molar-refractivity contribution in [3.05, 3.63) is 35.9 Å². The second-order valence-electron chi connectivity index (χ2n) is 3.26. The van der Waals surface area contributed by atoms with Crippen molar-refractivity contribution in [1.82, 2.24) is 0 Å². The molecule has 0 spiro atoms. The predicted octanol–water partition coefficient (Wildman–Crippen LogP) is 0.685. The number of benzene rings is 1. The molecule has 0 aromatic heterocycles. The second-order valence-corrected chi connectivity index (χ2v) is 3.26. The van der Waals surface area contributed by atoms with Gasteiger partial charge in [-0.3, -0.25) is 4.79 Å². The highest BCUT2D eigenvalue weighted by Crippen LogP contribution is 2.14. The average Bonchev–Trinajstić information content (AvgIpc) is 2.59. The van der Waals surface area contributed by atoms with Crippen molar-refractivity contribution in [2.24, 2.45) is 0 Å². The van der Waals surface area contributed by atoms with Crippen molar-refractivity contribution in [1.29, 1.82) is 0 Å². The van der Waals surface area contributed by atoms with Gasteiger partial charge in [-0.25, -0.2) is 9.59 Å². The van der Waals surface area contributed by atoms with E-state index < -0.39 is 24.0 Å². The largest absolute Gasteiger partial charge is 0.446 e. The third-order valence-electron chi connectivity index (χ3n) is 2.09. The number of hydrogen-bond acceptors (Lipinski definition) is 5. The van der Waals surface area contributed by atoms with Gasteiger partial charge in [0.25, 0.3) is 0 Å². The molecule has 1 aromatic rings. The first kappa shape index (κ1) is 10.4. The summed E-state index contributed by atoms with van der Waals surface area (Å²) in [5, 5.41) is 0. The van der Waals surface area contributed by atoms with Crippen LogP contribution < -0.4 is 0 Å². The summed E-state index contributed by atoms with van der Waals surface area (Å²) in [6.45, 7) is 0. The fourth-order valence-electron chi connectivity index (χ4n) is 1.32. The summed E-state index contributed by atoms with van der Waals surface area (Å²) < 4.78 is 9.10. The highest BCUT2D eigenvalue weighted by molar-refractivity contribution is 5.99. The van der Waals surface area contributed by atoms with E-state index in [2.05, 4.69) is 4.74 Å². The van der Waals surface area contributed by atoms with E-state index in [1.807, 2.05) is 0 Å². The molecule has 0 aliphatic carbocycles. The molecule has 2 rings (SSSR count). The maximum absolute atomic E-state index is 11.5. The topological polar surface area (TPSA) is 69.7 Å². The summed E-state index contributed by atoms with van der Waals surface area (Å²) in [7, 11) is 0. The minimum Gasteiger partial charge on any atom is -0.446 e. The zero-order valence-corrected chi connectivity index (χ0v) is 8.21. The molecule has 1 aliphatic rings. The van der Waals surface area contributed by atoms with Crippen LogP contribution in [0.4, 0.5) is 0 Å². The zero-order chi connectivity index (χ0) is 11.5. The number of ether oxygens (including phenoxy) is 2. The summed E-state index contributed by atoms with van der Waals surface area (Å²) in [6, 6.07) is 8.22. The second kappa shape index (κ2) is 4.14. The summed E-state index contributed by atoms with van der Waals surface area (Å²) in [5.41, 5.74) is 0.328. The molecule has 0 radical (unpaired) electrons. The van der Waals surface area contributed by atoms with Gasteiger partial charge in [0, 0.05) is 0 Å². The van der Waals surface area contributed by atoms with Crippen LogP contribution in [-0.4, -0.2) is 24.0 Å². The number of carbonyl (C=O) groups excluding carboxylic acids is 3. The molecule has 0 bridgehead atoms. The van der Waals surface area contributed by atoms with Crippen molar-refractivity contribution in [3.8, 4) is 0 Å². The van der Waals surface area contributed by atoms with Crippen molar-refractivity contribution >= 4 is 17.9 Å². The van der Waals surface area contributed by atoms with Crippen molar-refractivity contribution in [2.75, 3.05) is 0 Å². The molecule has 1 fully saturated rings. The number of rotatable bonds is 2. The number of cyclic esters (lactones) is 2. The predicted molar refractivity (Wildman–Crippen MR) is 51.4 cm³/mol. The van der Waals surface area contributed by atoms with Crippen LogP contribution >= 0.6 is 0 Å². The Labute approximate surface area is 91.0 Å². The quantitative estimate of drug-likeness (QED) is 0.541. The van der Waals surface area contributed by atoms with Gasteiger partial charge in [-0.15, -0.1) is 0 Å². The Bertz CT molecular complexity index is 437. The lowest BCUT2D eigenvalue weighted by Crippen LogP contribution is -2.22. The van der Waals surface area contributed by atoms with Crippen LogP contribution in [0, 0.1) is 0 Å². The van der Waals surface area contributed by atoms with E-state index in [9.17, 15) is 14.4 Å². The Hall–Kier alpha value is -2.17. The molecule has 0 N–H and O–H groups in total. The Morgan fingerprint density at radius 1 is 1.25 bits per heavy atom. The maximum atomic E-state index is 11.5. The minimum atomic E-state index is -1.11. The van der Waals surface area contributed by atoms with Crippen LogP contribution in [0.15, 0.2) is 30.3 Å². The summed E-state index contributed by atoms with van der Waals surface area (Å²) in [4.78, 5) is 33.3. The molecule has 82 valence electrons. The summed E-state index contributed by atoms with van der Waals surface area (Å²) in [5.74, 6) is -2.12. The highest BCUT2D eigenvalue weighted by atomic mass is 16.6. The van der Waals surface area contributed by atoms with Crippen LogP contribution in [0.25, 0.3) is 0 Å². The van der Waals surface area contributed by atoms with Crippen molar-refractivity contribution in [3.63, 3.8) is 0 Å². The Morgan fingerprint density at radius 2 is 1.94 bits per heavy atom. The monoisotopic (exact) mass is 220 g/mol. The van der Waals surface area contributed by atoms with Crippen LogP contribution in [-0.2, 0) is 19.1 Å². The van der Waals surface area contributed by atoms with Gasteiger partial charge in [0.05, 0.1) is 12.0 Å². The lowest BCUT2D eigenvalue weighted by atomic mass is 10.2. The van der Waals surface area contributed by atoms with Gasteiger partial charge in [-0.2, -0.15) is 0 Å². The zero-order valence-electron chi connectivity index (χ0n) is 8.21. The van der Waals surface area contributed by atoms with E-state index in [0.717, 1.165) is 0 Å². The normalized spacial score (nSPS) is 19.4. The first-order chi connectivity index (χ1) is 7.66. The third kappa shape index (κ3) is 2.08. The smallest absolute Gasteiger partial charge is 0.355 e. The van der Waals surface area contributed by atoms with Gasteiger partial charge < -0.3 is 9.47 Å². The van der Waals surface area contributed by atoms with Gasteiger partial charge in [0.2, 0.25) is 6.10 Å². The number of carbonyl (C=O) groups is 3. The Kier molecular flexibility index (Phi) is 2.68. The SMILES string of the molecule is O=C1CC(OC(=O)c2ccccc2)C(=O)O1. The van der Waals surface area contributed by atoms with Crippen LogP contribution in [0.2, 0.25) is 0 Å². The molecule has 1 atom stereocenters. The van der Waals surface area contributed by atoms with Gasteiger partial charge in [0.1, 0.15) is 0 Å².